The number of rotatable bonds is 4. The van der Waals surface area contributed by atoms with Gasteiger partial charge in [0.25, 0.3) is 10.0 Å². The Kier molecular flexibility index (Phi) is 4.11. The van der Waals surface area contributed by atoms with Gasteiger partial charge in [0.05, 0.1) is 0 Å². The van der Waals surface area contributed by atoms with Gasteiger partial charge in [-0.3, -0.25) is 0 Å². The Morgan fingerprint density at radius 2 is 2.22 bits per heavy atom. The molecule has 1 aliphatic heterocycles. The van der Waals surface area contributed by atoms with Gasteiger partial charge in [-0.25, -0.2) is 8.42 Å². The van der Waals surface area contributed by atoms with Crippen LogP contribution in [0.2, 0.25) is 0 Å². The Bertz CT molecular complexity index is 522. The van der Waals surface area contributed by atoms with Gasteiger partial charge in [-0.15, -0.1) is 11.3 Å². The van der Waals surface area contributed by atoms with E-state index >= 15 is 0 Å². The fourth-order valence-electron chi connectivity index (χ4n) is 2.55. The summed E-state index contributed by atoms with van der Waals surface area (Å²) in [6.07, 6.45) is 1.90. The van der Waals surface area contributed by atoms with Gasteiger partial charge in [0.2, 0.25) is 0 Å². The summed E-state index contributed by atoms with van der Waals surface area (Å²) in [5, 5.41) is 3.08. The second kappa shape index (κ2) is 5.28. The Balaban J connectivity index is 2.33. The zero-order valence-electron chi connectivity index (χ0n) is 11.1. The van der Waals surface area contributed by atoms with Crippen molar-refractivity contribution in [3.05, 3.63) is 16.5 Å². The first kappa shape index (κ1) is 14.0. The highest BCUT2D eigenvalue weighted by molar-refractivity contribution is 7.91. The van der Waals surface area contributed by atoms with Gasteiger partial charge >= 0.3 is 0 Å². The van der Waals surface area contributed by atoms with Crippen LogP contribution in [0.3, 0.4) is 0 Å². The minimum atomic E-state index is -3.31. The van der Waals surface area contributed by atoms with Gasteiger partial charge in [0, 0.05) is 24.0 Å². The molecule has 0 bridgehead atoms. The highest BCUT2D eigenvalue weighted by atomic mass is 32.2. The smallest absolute Gasteiger partial charge is 0.253 e. The summed E-state index contributed by atoms with van der Waals surface area (Å²) in [4.78, 5) is 1.05. The minimum absolute atomic E-state index is 0.0989. The molecule has 1 fully saturated rings. The molecule has 6 heteroatoms. The van der Waals surface area contributed by atoms with E-state index in [9.17, 15) is 8.42 Å². The third kappa shape index (κ3) is 2.47. The molecule has 2 heterocycles. The Labute approximate surface area is 113 Å². The van der Waals surface area contributed by atoms with Gasteiger partial charge in [0.1, 0.15) is 4.21 Å². The van der Waals surface area contributed by atoms with Crippen molar-refractivity contribution in [3.63, 3.8) is 0 Å². The van der Waals surface area contributed by atoms with Gasteiger partial charge in [-0.1, -0.05) is 0 Å². The lowest BCUT2D eigenvalue weighted by Crippen LogP contribution is -2.40. The van der Waals surface area contributed by atoms with E-state index in [0.29, 0.717) is 10.8 Å². The lowest BCUT2D eigenvalue weighted by Gasteiger charge is -2.23. The fourth-order valence-corrected chi connectivity index (χ4v) is 6.02. The number of nitrogens with one attached hydrogen (secondary N) is 1. The van der Waals surface area contributed by atoms with Gasteiger partial charge in [-0.05, 0) is 45.4 Å². The Hall–Kier alpha value is -0.430. The standard InChI is InChI=1S/C12H20N2O2S2/c1-9-7-10(2)17-12(9)18(15,16)14-6-4-5-11(14)8-13-3/h7,11,13H,4-6,8H2,1-3H3. The molecule has 1 aliphatic rings. The van der Waals surface area contributed by atoms with E-state index in [1.54, 1.807) is 4.31 Å². The SMILES string of the molecule is CNCC1CCCN1S(=O)(=O)c1sc(C)cc1C. The first-order valence-corrected chi connectivity index (χ1v) is 8.46. The highest BCUT2D eigenvalue weighted by Crippen LogP contribution is 2.32. The van der Waals surface area contributed by atoms with Crippen LogP contribution in [-0.4, -0.2) is 38.9 Å². The topological polar surface area (TPSA) is 49.4 Å². The third-order valence-electron chi connectivity index (χ3n) is 3.30. The summed E-state index contributed by atoms with van der Waals surface area (Å²) in [6, 6.07) is 2.04. The fraction of sp³-hybridized carbons (Fsp3) is 0.667. The average molecular weight is 288 g/mol. The molecule has 1 atom stereocenters. The zero-order chi connectivity index (χ0) is 13.3. The van der Waals surface area contributed by atoms with E-state index < -0.39 is 10.0 Å². The number of hydrogen-bond acceptors (Lipinski definition) is 4. The maximum atomic E-state index is 12.7. The second-order valence-electron chi connectivity index (χ2n) is 4.80. The molecule has 0 aliphatic carbocycles. The normalized spacial score (nSPS) is 21.6. The summed E-state index contributed by atoms with van der Waals surface area (Å²) in [5.41, 5.74) is 0.868. The van der Waals surface area contributed by atoms with Crippen LogP contribution in [0.25, 0.3) is 0 Å². The van der Waals surface area contributed by atoms with Crippen molar-refractivity contribution in [3.8, 4) is 0 Å². The molecule has 2 rings (SSSR count). The summed E-state index contributed by atoms with van der Waals surface area (Å²) in [5.74, 6) is 0. The first-order chi connectivity index (χ1) is 8.46. The van der Waals surface area contributed by atoms with Crippen LogP contribution >= 0.6 is 11.3 Å². The zero-order valence-corrected chi connectivity index (χ0v) is 12.7. The molecule has 102 valence electrons. The third-order valence-corrected chi connectivity index (χ3v) is 7.02. The van der Waals surface area contributed by atoms with Crippen molar-refractivity contribution < 1.29 is 8.42 Å². The van der Waals surface area contributed by atoms with Crippen LogP contribution in [-0.2, 0) is 10.0 Å². The van der Waals surface area contributed by atoms with E-state index in [-0.39, 0.29) is 6.04 Å². The van der Waals surface area contributed by atoms with Gasteiger partial charge < -0.3 is 5.32 Å². The van der Waals surface area contributed by atoms with E-state index in [1.165, 1.54) is 11.3 Å². The number of thiophene rings is 1. The van der Waals surface area contributed by atoms with E-state index in [2.05, 4.69) is 5.32 Å². The minimum Gasteiger partial charge on any atom is -0.318 e. The van der Waals surface area contributed by atoms with Crippen molar-refractivity contribution >= 4 is 21.4 Å². The van der Waals surface area contributed by atoms with Crippen LogP contribution in [0.1, 0.15) is 23.3 Å². The molecule has 1 aromatic rings. The summed E-state index contributed by atoms with van der Waals surface area (Å²) in [7, 11) is -1.44. The van der Waals surface area contributed by atoms with E-state index in [1.807, 2.05) is 27.0 Å². The number of hydrogen-bond donors (Lipinski definition) is 1. The molecule has 1 N–H and O–H groups in total. The van der Waals surface area contributed by atoms with E-state index in [4.69, 9.17) is 0 Å². The second-order valence-corrected chi connectivity index (χ2v) is 8.14. The number of sulfonamides is 1. The number of likely N-dealkylation sites (N-methyl/N-ethyl adjacent to an activating group) is 1. The molecule has 18 heavy (non-hydrogen) atoms. The molecule has 0 saturated carbocycles. The first-order valence-electron chi connectivity index (χ1n) is 6.20. The molecule has 4 nitrogen and oxygen atoms in total. The number of aryl methyl sites for hydroxylation is 2. The largest absolute Gasteiger partial charge is 0.318 e. The van der Waals surface area contributed by atoms with E-state index in [0.717, 1.165) is 29.8 Å². The quantitative estimate of drug-likeness (QED) is 0.918. The van der Waals surface area contributed by atoms with Gasteiger partial charge in [-0.2, -0.15) is 4.31 Å². The maximum absolute atomic E-state index is 12.7. The maximum Gasteiger partial charge on any atom is 0.253 e. The lowest BCUT2D eigenvalue weighted by atomic mass is 10.2. The summed E-state index contributed by atoms with van der Waals surface area (Å²) >= 11 is 1.38. The Morgan fingerprint density at radius 1 is 1.50 bits per heavy atom. The molecule has 0 spiro atoms. The van der Waals surface area contributed by atoms with Crippen LogP contribution in [0.15, 0.2) is 10.3 Å². The van der Waals surface area contributed by atoms with Crippen molar-refractivity contribution in [1.82, 2.24) is 9.62 Å². The predicted octanol–water partition coefficient (Wildman–Crippen LogP) is 1.74. The molecular weight excluding hydrogens is 268 g/mol. The molecular formula is C12H20N2O2S2. The van der Waals surface area contributed by atoms with Crippen LogP contribution < -0.4 is 5.32 Å². The summed E-state index contributed by atoms with van der Waals surface area (Å²) in [6.45, 7) is 5.19. The summed E-state index contributed by atoms with van der Waals surface area (Å²) < 4.78 is 27.5. The molecule has 1 unspecified atom stereocenters. The molecule has 0 amide bonds. The van der Waals surface area contributed by atoms with Crippen LogP contribution in [0.5, 0.6) is 0 Å². The van der Waals surface area contributed by atoms with Crippen molar-refractivity contribution in [2.24, 2.45) is 0 Å². The lowest BCUT2D eigenvalue weighted by molar-refractivity contribution is 0.380. The highest BCUT2D eigenvalue weighted by Gasteiger charge is 2.36. The predicted molar refractivity (Wildman–Crippen MR) is 74.6 cm³/mol. The Morgan fingerprint density at radius 3 is 2.78 bits per heavy atom. The van der Waals surface area contributed by atoms with Crippen molar-refractivity contribution in [2.75, 3.05) is 20.1 Å². The van der Waals surface area contributed by atoms with Crippen LogP contribution in [0.4, 0.5) is 0 Å². The number of nitrogens with zero attached hydrogens (tertiary/aromatic N) is 1. The molecule has 1 aromatic heterocycles. The van der Waals surface area contributed by atoms with Crippen molar-refractivity contribution in [1.29, 1.82) is 0 Å². The average Bonchev–Trinajstić information content (AvgIpc) is 2.86. The molecule has 0 radical (unpaired) electrons. The van der Waals surface area contributed by atoms with Crippen molar-refractivity contribution in [2.45, 2.75) is 36.9 Å². The molecule has 1 saturated heterocycles. The monoisotopic (exact) mass is 288 g/mol. The molecule has 0 aromatic carbocycles. The van der Waals surface area contributed by atoms with Crippen LogP contribution in [0, 0.1) is 13.8 Å². The van der Waals surface area contributed by atoms with Gasteiger partial charge in [0.15, 0.2) is 0 Å².